The molecule has 1 heterocycles. The van der Waals surface area contributed by atoms with E-state index in [2.05, 4.69) is 40.4 Å². The van der Waals surface area contributed by atoms with Crippen molar-refractivity contribution >= 4 is 11.8 Å². The zero-order valence-corrected chi connectivity index (χ0v) is 16.4. The van der Waals surface area contributed by atoms with Crippen molar-refractivity contribution in [2.45, 2.75) is 19.6 Å². The third-order valence-corrected chi connectivity index (χ3v) is 5.15. The molecule has 0 radical (unpaired) electrons. The van der Waals surface area contributed by atoms with Gasteiger partial charge in [-0.1, -0.05) is 19.1 Å². The van der Waals surface area contributed by atoms with Crippen LogP contribution < -0.4 is 10.1 Å². The number of ether oxygens (including phenoxy) is 1. The van der Waals surface area contributed by atoms with Gasteiger partial charge in [-0.15, -0.1) is 0 Å². The lowest BCUT2D eigenvalue weighted by atomic mass is 10.2. The molecule has 2 N–H and O–H groups in total. The Morgan fingerprint density at radius 3 is 2.72 bits per heavy atom. The van der Waals surface area contributed by atoms with Crippen LogP contribution in [-0.2, 0) is 6.54 Å². The third kappa shape index (κ3) is 7.96. The minimum atomic E-state index is -0.448. The van der Waals surface area contributed by atoms with Crippen molar-refractivity contribution in [1.82, 2.24) is 15.1 Å². The van der Waals surface area contributed by atoms with E-state index >= 15 is 0 Å². The lowest BCUT2D eigenvalue weighted by molar-refractivity contribution is 0.0471. The number of hydrogen-bond acceptors (Lipinski definition) is 6. The summed E-state index contributed by atoms with van der Waals surface area (Å²) in [5.41, 5.74) is 1.21. The van der Waals surface area contributed by atoms with Gasteiger partial charge in [0.05, 0.1) is 0 Å². The van der Waals surface area contributed by atoms with Gasteiger partial charge in [-0.2, -0.15) is 11.8 Å². The minimum Gasteiger partial charge on any atom is -0.491 e. The Morgan fingerprint density at radius 2 is 2.00 bits per heavy atom. The summed E-state index contributed by atoms with van der Waals surface area (Å²) in [4.78, 5) is 4.77. The first-order valence-electron chi connectivity index (χ1n) is 9.25. The van der Waals surface area contributed by atoms with E-state index in [1.54, 1.807) is 0 Å². The summed E-state index contributed by atoms with van der Waals surface area (Å²) in [7, 11) is 0. The van der Waals surface area contributed by atoms with Gasteiger partial charge in [0.2, 0.25) is 0 Å². The summed E-state index contributed by atoms with van der Waals surface area (Å²) in [5.74, 6) is 1.95. The molecule has 5 nitrogen and oxygen atoms in total. The highest BCUT2D eigenvalue weighted by Gasteiger charge is 2.18. The summed E-state index contributed by atoms with van der Waals surface area (Å²) in [6, 6.07) is 8.12. The van der Waals surface area contributed by atoms with Crippen LogP contribution in [0.4, 0.5) is 0 Å². The second kappa shape index (κ2) is 11.8. The minimum absolute atomic E-state index is 0.345. The lowest BCUT2D eigenvalue weighted by Crippen LogP contribution is -2.49. The average Bonchev–Trinajstić information content (AvgIpc) is 2.65. The molecule has 1 fully saturated rings. The number of thioether (sulfide) groups is 1. The predicted molar refractivity (Wildman–Crippen MR) is 107 cm³/mol. The molecule has 1 aromatic carbocycles. The van der Waals surface area contributed by atoms with E-state index in [1.165, 1.54) is 5.56 Å². The fourth-order valence-electron chi connectivity index (χ4n) is 2.98. The number of piperazine rings is 1. The van der Waals surface area contributed by atoms with Gasteiger partial charge in [0.25, 0.3) is 0 Å². The second-order valence-corrected chi connectivity index (χ2v) is 7.50. The predicted octanol–water partition coefficient (Wildman–Crippen LogP) is 1.52. The van der Waals surface area contributed by atoms with Crippen LogP contribution in [0.5, 0.6) is 5.75 Å². The Labute approximate surface area is 156 Å². The SMILES string of the molecule is CCN1CCN(C[C@H](O)COc2cccc(CNCCSC)c2)CC1. The topological polar surface area (TPSA) is 48.0 Å². The van der Waals surface area contributed by atoms with E-state index in [-0.39, 0.29) is 0 Å². The van der Waals surface area contributed by atoms with E-state index in [0.717, 1.165) is 57.3 Å². The first-order chi connectivity index (χ1) is 12.2. The number of β-amino-alcohol motifs (C(OH)–C–C–N with tert-alkyl or cyclic N) is 1. The molecule has 25 heavy (non-hydrogen) atoms. The molecular weight excluding hydrogens is 334 g/mol. The highest BCUT2D eigenvalue weighted by molar-refractivity contribution is 7.98. The van der Waals surface area contributed by atoms with Gasteiger partial charge in [0.1, 0.15) is 18.5 Å². The standard InChI is InChI=1S/C19H33N3O2S/c1-3-21-8-10-22(11-9-21)15-18(23)16-24-19-6-4-5-17(13-19)14-20-7-12-25-2/h4-6,13,18,20,23H,3,7-12,14-16H2,1-2H3/t18-/m0/s1. The van der Waals surface area contributed by atoms with Crippen molar-refractivity contribution in [2.75, 3.05) is 64.4 Å². The van der Waals surface area contributed by atoms with Crippen LogP contribution in [0, 0.1) is 0 Å². The molecule has 0 spiro atoms. The Morgan fingerprint density at radius 1 is 1.24 bits per heavy atom. The van der Waals surface area contributed by atoms with Crippen LogP contribution in [0.25, 0.3) is 0 Å². The van der Waals surface area contributed by atoms with Crippen molar-refractivity contribution < 1.29 is 9.84 Å². The van der Waals surface area contributed by atoms with Crippen molar-refractivity contribution in [1.29, 1.82) is 0 Å². The summed E-state index contributed by atoms with van der Waals surface area (Å²) in [5, 5.41) is 13.7. The monoisotopic (exact) mass is 367 g/mol. The average molecular weight is 368 g/mol. The molecule has 0 amide bonds. The number of likely N-dealkylation sites (N-methyl/N-ethyl adjacent to an activating group) is 1. The van der Waals surface area contributed by atoms with Gasteiger partial charge in [-0.25, -0.2) is 0 Å². The van der Waals surface area contributed by atoms with Crippen molar-refractivity contribution in [3.8, 4) is 5.75 Å². The molecular formula is C19H33N3O2S. The molecule has 1 saturated heterocycles. The fraction of sp³-hybridized carbons (Fsp3) is 0.684. The number of aliphatic hydroxyl groups excluding tert-OH is 1. The number of hydrogen-bond donors (Lipinski definition) is 2. The normalized spacial score (nSPS) is 17.6. The number of nitrogens with zero attached hydrogens (tertiary/aromatic N) is 2. The van der Waals surface area contributed by atoms with Gasteiger partial charge in [0.15, 0.2) is 0 Å². The van der Waals surface area contributed by atoms with Gasteiger partial charge in [0, 0.05) is 51.6 Å². The van der Waals surface area contributed by atoms with Gasteiger partial charge in [-0.3, -0.25) is 4.90 Å². The molecule has 0 aliphatic carbocycles. The smallest absolute Gasteiger partial charge is 0.119 e. The van der Waals surface area contributed by atoms with E-state index in [1.807, 2.05) is 23.9 Å². The van der Waals surface area contributed by atoms with Crippen LogP contribution in [0.1, 0.15) is 12.5 Å². The lowest BCUT2D eigenvalue weighted by Gasteiger charge is -2.34. The molecule has 0 saturated carbocycles. The van der Waals surface area contributed by atoms with Crippen molar-refractivity contribution in [2.24, 2.45) is 0 Å². The maximum absolute atomic E-state index is 10.3. The molecule has 1 aliphatic heterocycles. The molecule has 0 unspecified atom stereocenters. The Hall–Kier alpha value is -0.790. The van der Waals surface area contributed by atoms with Crippen LogP contribution >= 0.6 is 11.8 Å². The number of aliphatic hydroxyl groups is 1. The Bertz CT molecular complexity index is 481. The van der Waals surface area contributed by atoms with E-state index in [4.69, 9.17) is 4.74 Å². The zero-order valence-electron chi connectivity index (χ0n) is 15.6. The zero-order chi connectivity index (χ0) is 17.9. The van der Waals surface area contributed by atoms with Crippen molar-refractivity contribution in [3.05, 3.63) is 29.8 Å². The van der Waals surface area contributed by atoms with Crippen LogP contribution in [0.3, 0.4) is 0 Å². The second-order valence-electron chi connectivity index (χ2n) is 6.52. The van der Waals surface area contributed by atoms with Gasteiger partial charge < -0.3 is 20.1 Å². The molecule has 1 aromatic rings. The van der Waals surface area contributed by atoms with Gasteiger partial charge >= 0.3 is 0 Å². The summed E-state index contributed by atoms with van der Waals surface area (Å²) >= 11 is 1.85. The molecule has 1 aliphatic rings. The maximum Gasteiger partial charge on any atom is 0.119 e. The molecule has 142 valence electrons. The molecule has 6 heteroatoms. The molecule has 0 bridgehead atoms. The summed E-state index contributed by atoms with van der Waals surface area (Å²) in [6.45, 7) is 10.4. The Balaban J connectivity index is 1.68. The first-order valence-corrected chi connectivity index (χ1v) is 10.6. The molecule has 1 atom stereocenters. The van der Waals surface area contributed by atoms with Gasteiger partial charge in [-0.05, 0) is 30.5 Å². The van der Waals surface area contributed by atoms with Crippen LogP contribution in [0.15, 0.2) is 24.3 Å². The van der Waals surface area contributed by atoms with Crippen molar-refractivity contribution in [3.63, 3.8) is 0 Å². The fourth-order valence-corrected chi connectivity index (χ4v) is 3.33. The van der Waals surface area contributed by atoms with Crippen LogP contribution in [-0.4, -0.2) is 85.4 Å². The highest BCUT2D eigenvalue weighted by atomic mass is 32.2. The summed E-state index contributed by atoms with van der Waals surface area (Å²) < 4.78 is 5.80. The first kappa shape index (κ1) is 20.5. The number of benzene rings is 1. The maximum atomic E-state index is 10.3. The third-order valence-electron chi connectivity index (χ3n) is 4.53. The largest absolute Gasteiger partial charge is 0.491 e. The summed E-state index contributed by atoms with van der Waals surface area (Å²) in [6.07, 6.45) is 1.67. The number of rotatable bonds is 11. The van der Waals surface area contributed by atoms with E-state index in [0.29, 0.717) is 13.2 Å². The Kier molecular flexibility index (Phi) is 9.65. The molecule has 0 aromatic heterocycles. The van der Waals surface area contributed by atoms with Crippen LogP contribution in [0.2, 0.25) is 0 Å². The van der Waals surface area contributed by atoms with E-state index in [9.17, 15) is 5.11 Å². The number of nitrogens with one attached hydrogen (secondary N) is 1. The quantitative estimate of drug-likeness (QED) is 0.578. The van der Waals surface area contributed by atoms with E-state index < -0.39 is 6.10 Å². The highest BCUT2D eigenvalue weighted by Crippen LogP contribution is 2.14. The molecule has 2 rings (SSSR count).